The number of benzene rings is 2. The Morgan fingerprint density at radius 2 is 1.72 bits per heavy atom. The number of aliphatic hydroxyl groups is 1. The topological polar surface area (TPSA) is 117 Å². The third kappa shape index (κ3) is 6.16. The quantitative estimate of drug-likeness (QED) is 0.322. The second kappa shape index (κ2) is 12.3. The molecule has 2 aromatic carbocycles. The Bertz CT molecular complexity index is 1440. The lowest BCUT2D eigenvalue weighted by atomic mass is 9.62. The third-order valence-electron chi connectivity index (χ3n) is 10.1. The molecule has 0 saturated carbocycles. The van der Waals surface area contributed by atoms with Crippen LogP contribution in [-0.2, 0) is 25.5 Å². The normalized spacial score (nSPS) is 29.4. The second-order valence-corrected chi connectivity index (χ2v) is 15.5. The van der Waals surface area contributed by atoms with Crippen LogP contribution in [0.4, 0.5) is 5.69 Å². The first-order chi connectivity index (χ1) is 21.5. The molecule has 46 heavy (non-hydrogen) atoms. The van der Waals surface area contributed by atoms with Gasteiger partial charge in [-0.2, -0.15) is 0 Å². The predicted octanol–water partition coefficient (Wildman–Crippen LogP) is 4.97. The van der Waals surface area contributed by atoms with Gasteiger partial charge in [-0.1, -0.05) is 58.0 Å². The Kier molecular flexibility index (Phi) is 9.07. The van der Waals surface area contributed by atoms with Crippen molar-refractivity contribution < 1.29 is 29.0 Å². The lowest BCUT2D eigenvalue weighted by molar-refractivity contribution is -0.150. The standard InChI is InChI=1S/C37H51N3O6/c1-9-45-27-17-15-25(16-18-27)38-31(42)28-29-33(44)40(26(21-41)19-24-13-11-10-12-14-24)30(37(29)20-23(2)36(28,8)46-37)32(43)39-35(6,7)22-34(3,4)5/h10-18,23,26,28-30,41H,9,19-22H2,1-8H3,(H,38,42)(H,39,43)/t23?,26-,28-,29+,30?,36+,37?/m1/s1. The van der Waals surface area contributed by atoms with Gasteiger partial charge in [0.15, 0.2) is 0 Å². The van der Waals surface area contributed by atoms with E-state index in [0.717, 1.165) is 5.56 Å². The number of hydrogen-bond acceptors (Lipinski definition) is 6. The molecular formula is C37H51N3O6. The summed E-state index contributed by atoms with van der Waals surface area (Å²) in [4.78, 5) is 45.1. The SMILES string of the molecule is CCOc1ccc(NC(=O)[C@H]2[C@H]3C(=O)N([C@@H](CO)Cc4ccccc4)C(C(=O)NC(C)(C)CC(C)(C)C)C34CC(C)[C@]2(C)O4)cc1. The largest absolute Gasteiger partial charge is 0.494 e. The number of carbonyl (C=O) groups excluding carboxylic acids is 3. The molecule has 250 valence electrons. The van der Waals surface area contributed by atoms with Crippen molar-refractivity contribution >= 4 is 23.4 Å². The Morgan fingerprint density at radius 1 is 1.07 bits per heavy atom. The van der Waals surface area contributed by atoms with Crippen LogP contribution in [0, 0.1) is 23.2 Å². The summed E-state index contributed by atoms with van der Waals surface area (Å²) in [6.45, 7) is 16.4. The van der Waals surface area contributed by atoms with Crippen LogP contribution in [0.3, 0.4) is 0 Å². The van der Waals surface area contributed by atoms with Crippen LogP contribution in [-0.4, -0.2) is 69.8 Å². The maximum Gasteiger partial charge on any atom is 0.246 e. The zero-order valence-electron chi connectivity index (χ0n) is 28.6. The number of nitrogens with one attached hydrogen (secondary N) is 2. The first-order valence-electron chi connectivity index (χ1n) is 16.6. The number of likely N-dealkylation sites (tertiary alicyclic amines) is 1. The van der Waals surface area contributed by atoms with Crippen LogP contribution in [0.1, 0.15) is 73.8 Å². The van der Waals surface area contributed by atoms with Crippen LogP contribution in [0.2, 0.25) is 0 Å². The number of ether oxygens (including phenoxy) is 2. The summed E-state index contributed by atoms with van der Waals surface area (Å²) < 4.78 is 12.5. The lowest BCUT2D eigenvalue weighted by Gasteiger charge is -2.40. The maximum absolute atomic E-state index is 14.8. The molecule has 9 nitrogen and oxygen atoms in total. The molecule has 0 aromatic heterocycles. The van der Waals surface area contributed by atoms with Gasteiger partial charge in [-0.05, 0) is 88.1 Å². The third-order valence-corrected chi connectivity index (χ3v) is 10.1. The predicted molar refractivity (Wildman–Crippen MR) is 177 cm³/mol. The van der Waals surface area contributed by atoms with Crippen LogP contribution in [0.15, 0.2) is 54.6 Å². The molecule has 0 aliphatic carbocycles. The van der Waals surface area contributed by atoms with E-state index >= 15 is 0 Å². The van der Waals surface area contributed by atoms with E-state index in [1.165, 1.54) is 0 Å². The van der Waals surface area contributed by atoms with Crippen molar-refractivity contribution in [2.24, 2.45) is 23.2 Å². The summed E-state index contributed by atoms with van der Waals surface area (Å²) in [6, 6.07) is 15.1. The van der Waals surface area contributed by atoms with E-state index in [9.17, 15) is 19.5 Å². The molecule has 3 unspecified atom stereocenters. The maximum atomic E-state index is 14.8. The van der Waals surface area contributed by atoms with E-state index in [2.05, 4.69) is 31.4 Å². The molecule has 3 fully saturated rings. The van der Waals surface area contributed by atoms with Crippen molar-refractivity contribution in [1.29, 1.82) is 0 Å². The molecule has 7 atom stereocenters. The molecule has 2 aromatic rings. The number of anilines is 1. The van der Waals surface area contributed by atoms with E-state index in [4.69, 9.17) is 9.47 Å². The van der Waals surface area contributed by atoms with Crippen LogP contribution >= 0.6 is 0 Å². The molecule has 2 bridgehead atoms. The van der Waals surface area contributed by atoms with Gasteiger partial charge in [0, 0.05) is 11.2 Å². The molecule has 3 saturated heterocycles. The van der Waals surface area contributed by atoms with Crippen molar-refractivity contribution in [2.45, 2.75) is 103 Å². The van der Waals surface area contributed by atoms with E-state index in [1.54, 1.807) is 29.2 Å². The molecule has 3 aliphatic heterocycles. The van der Waals surface area contributed by atoms with Gasteiger partial charge in [0.25, 0.3) is 0 Å². The van der Waals surface area contributed by atoms with Crippen molar-refractivity contribution in [1.82, 2.24) is 10.2 Å². The first-order valence-corrected chi connectivity index (χ1v) is 16.6. The fourth-order valence-electron chi connectivity index (χ4n) is 8.70. The molecule has 5 rings (SSSR count). The Hall–Kier alpha value is -3.43. The van der Waals surface area contributed by atoms with E-state index in [-0.39, 0.29) is 35.7 Å². The van der Waals surface area contributed by atoms with Crippen molar-refractivity contribution in [3.63, 3.8) is 0 Å². The van der Waals surface area contributed by atoms with Gasteiger partial charge in [0.1, 0.15) is 17.4 Å². The number of nitrogens with zero attached hydrogens (tertiary/aromatic N) is 1. The molecule has 0 radical (unpaired) electrons. The van der Waals surface area contributed by atoms with Gasteiger partial charge in [0.05, 0.1) is 36.7 Å². The molecule has 9 heteroatoms. The second-order valence-electron chi connectivity index (χ2n) is 15.5. The Morgan fingerprint density at radius 3 is 2.30 bits per heavy atom. The number of fused-ring (bicyclic) bond motifs is 1. The minimum atomic E-state index is -1.22. The molecule has 3 heterocycles. The zero-order chi connectivity index (χ0) is 33.7. The molecule has 3 N–H and O–H groups in total. The van der Waals surface area contributed by atoms with Crippen molar-refractivity contribution in [2.75, 3.05) is 18.5 Å². The van der Waals surface area contributed by atoms with Gasteiger partial charge in [-0.25, -0.2) is 0 Å². The summed E-state index contributed by atoms with van der Waals surface area (Å²) in [5, 5.41) is 17.0. The molecule has 1 spiro atoms. The zero-order valence-corrected chi connectivity index (χ0v) is 28.6. The highest BCUT2D eigenvalue weighted by Crippen LogP contribution is 2.65. The number of carbonyl (C=O) groups is 3. The van der Waals surface area contributed by atoms with Crippen molar-refractivity contribution in [3.05, 3.63) is 60.2 Å². The van der Waals surface area contributed by atoms with Gasteiger partial charge in [-0.3, -0.25) is 14.4 Å². The fourth-order valence-corrected chi connectivity index (χ4v) is 8.70. The highest BCUT2D eigenvalue weighted by molar-refractivity contribution is 6.02. The average Bonchev–Trinajstić information content (AvgIpc) is 3.48. The van der Waals surface area contributed by atoms with Crippen LogP contribution in [0.5, 0.6) is 5.75 Å². The number of hydrogen-bond donors (Lipinski definition) is 3. The summed E-state index contributed by atoms with van der Waals surface area (Å²) in [5.41, 5.74) is -1.31. The minimum Gasteiger partial charge on any atom is -0.494 e. The van der Waals surface area contributed by atoms with E-state index in [0.29, 0.717) is 37.3 Å². The summed E-state index contributed by atoms with van der Waals surface area (Å²) in [5.74, 6) is -2.10. The molecule has 3 aliphatic rings. The van der Waals surface area contributed by atoms with E-state index in [1.807, 2.05) is 65.0 Å². The number of aliphatic hydroxyl groups excluding tert-OH is 1. The highest BCUT2D eigenvalue weighted by atomic mass is 16.5. The van der Waals surface area contributed by atoms with Gasteiger partial charge >= 0.3 is 0 Å². The average molecular weight is 634 g/mol. The number of amides is 3. The minimum absolute atomic E-state index is 0.0575. The van der Waals surface area contributed by atoms with Crippen LogP contribution in [0.25, 0.3) is 0 Å². The van der Waals surface area contributed by atoms with Gasteiger partial charge in [-0.15, -0.1) is 0 Å². The highest BCUT2D eigenvalue weighted by Gasteiger charge is 2.80. The monoisotopic (exact) mass is 633 g/mol. The lowest BCUT2D eigenvalue weighted by Crippen LogP contribution is -2.61. The van der Waals surface area contributed by atoms with Crippen molar-refractivity contribution in [3.8, 4) is 5.75 Å². The van der Waals surface area contributed by atoms with Gasteiger partial charge < -0.3 is 30.1 Å². The van der Waals surface area contributed by atoms with E-state index < -0.39 is 40.7 Å². The fraction of sp³-hybridized carbons (Fsp3) is 0.595. The first kappa shape index (κ1) is 33.9. The Labute approximate surface area is 273 Å². The number of rotatable bonds is 11. The Balaban J connectivity index is 1.54. The van der Waals surface area contributed by atoms with Crippen LogP contribution < -0.4 is 15.4 Å². The summed E-state index contributed by atoms with van der Waals surface area (Å²) in [6.07, 6.45) is 1.51. The summed E-state index contributed by atoms with van der Waals surface area (Å²) in [7, 11) is 0. The van der Waals surface area contributed by atoms with Gasteiger partial charge in [0.2, 0.25) is 17.7 Å². The molecule has 3 amide bonds. The summed E-state index contributed by atoms with van der Waals surface area (Å²) >= 11 is 0. The smallest absolute Gasteiger partial charge is 0.246 e. The molecular weight excluding hydrogens is 582 g/mol.